The molecule has 1 aromatic heterocycles. The molecule has 94 valence electrons. The predicted molar refractivity (Wildman–Crippen MR) is 75.2 cm³/mol. The lowest BCUT2D eigenvalue weighted by molar-refractivity contribution is -0.116. The van der Waals surface area contributed by atoms with Gasteiger partial charge in [-0.25, -0.2) is 0 Å². The Hall–Kier alpha value is -2.40. The lowest BCUT2D eigenvalue weighted by atomic mass is 10.1. The van der Waals surface area contributed by atoms with Crippen LogP contribution in [0.1, 0.15) is 5.76 Å². The first-order chi connectivity index (χ1) is 9.19. The van der Waals surface area contributed by atoms with Crippen LogP contribution in [-0.2, 0) is 9.53 Å². The molecule has 1 N–H and O–H groups in total. The molecule has 19 heavy (non-hydrogen) atoms. The Bertz CT molecular complexity index is 709. The zero-order valence-corrected chi connectivity index (χ0v) is 10.6. The van der Waals surface area contributed by atoms with Crippen LogP contribution >= 0.6 is 12.2 Å². The molecule has 5 heteroatoms. The first kappa shape index (κ1) is 11.7. The van der Waals surface area contributed by atoms with Crippen LogP contribution in [0.3, 0.4) is 0 Å². The van der Waals surface area contributed by atoms with Crippen LogP contribution in [0.25, 0.3) is 16.5 Å². The standard InChI is InChI=1S/C14H9NO3S/c1-2-9(12-13(16)15-14(19)18-12)11-7-8-5-3-4-6-10(8)17-11/h2-7H,1H2,(H,15,16,19). The second-order valence-electron chi connectivity index (χ2n) is 3.94. The van der Waals surface area contributed by atoms with Gasteiger partial charge in [-0.2, -0.15) is 0 Å². The summed E-state index contributed by atoms with van der Waals surface area (Å²) < 4.78 is 10.9. The minimum absolute atomic E-state index is 0.0375. The zero-order chi connectivity index (χ0) is 13.4. The maximum atomic E-state index is 11.7. The molecule has 1 aromatic carbocycles. The van der Waals surface area contributed by atoms with Gasteiger partial charge in [-0.3, -0.25) is 10.1 Å². The third-order valence-corrected chi connectivity index (χ3v) is 2.94. The predicted octanol–water partition coefficient (Wildman–Crippen LogP) is 2.76. The summed E-state index contributed by atoms with van der Waals surface area (Å²) in [5.74, 6) is 0.241. The lowest BCUT2D eigenvalue weighted by Crippen LogP contribution is -2.18. The van der Waals surface area contributed by atoms with Gasteiger partial charge in [0.15, 0.2) is 0 Å². The van der Waals surface area contributed by atoms with Crippen molar-refractivity contribution in [3.8, 4) is 0 Å². The quantitative estimate of drug-likeness (QED) is 0.674. The minimum Gasteiger partial charge on any atom is -0.456 e. The van der Waals surface area contributed by atoms with Gasteiger partial charge in [-0.05, 0) is 24.4 Å². The van der Waals surface area contributed by atoms with E-state index in [1.807, 2.05) is 30.3 Å². The van der Waals surface area contributed by atoms with Crippen molar-refractivity contribution in [3.05, 3.63) is 54.5 Å². The monoisotopic (exact) mass is 271 g/mol. The van der Waals surface area contributed by atoms with Gasteiger partial charge in [0.25, 0.3) is 11.1 Å². The number of hydrogen-bond acceptors (Lipinski definition) is 4. The fourth-order valence-corrected chi connectivity index (χ4v) is 2.09. The van der Waals surface area contributed by atoms with Crippen LogP contribution in [0, 0.1) is 0 Å². The maximum absolute atomic E-state index is 11.7. The van der Waals surface area contributed by atoms with Crippen molar-refractivity contribution in [2.24, 2.45) is 0 Å². The number of para-hydroxylation sites is 1. The molecule has 2 aromatic rings. The summed E-state index contributed by atoms with van der Waals surface area (Å²) >= 11 is 4.80. The van der Waals surface area contributed by atoms with Gasteiger partial charge in [-0.1, -0.05) is 30.9 Å². The highest BCUT2D eigenvalue weighted by Crippen LogP contribution is 2.29. The first-order valence-electron chi connectivity index (χ1n) is 5.58. The largest absolute Gasteiger partial charge is 0.456 e. The van der Waals surface area contributed by atoms with Crippen molar-refractivity contribution in [2.75, 3.05) is 0 Å². The van der Waals surface area contributed by atoms with E-state index in [1.54, 1.807) is 0 Å². The smallest absolute Gasteiger partial charge is 0.295 e. The molecule has 0 bridgehead atoms. The molecular formula is C14H9NO3S. The van der Waals surface area contributed by atoms with Gasteiger partial charge in [0.05, 0.1) is 5.57 Å². The Morgan fingerprint density at radius 1 is 1.37 bits per heavy atom. The normalized spacial score (nSPS) is 17.3. The number of furan rings is 1. The van der Waals surface area contributed by atoms with Gasteiger partial charge < -0.3 is 9.15 Å². The number of rotatable bonds is 2. The van der Waals surface area contributed by atoms with Crippen molar-refractivity contribution in [1.82, 2.24) is 5.32 Å². The second kappa shape index (κ2) is 4.37. The molecule has 4 nitrogen and oxygen atoms in total. The first-order valence-corrected chi connectivity index (χ1v) is 5.98. The average molecular weight is 271 g/mol. The van der Waals surface area contributed by atoms with Gasteiger partial charge in [0.2, 0.25) is 5.76 Å². The zero-order valence-electron chi connectivity index (χ0n) is 9.80. The topological polar surface area (TPSA) is 51.5 Å². The highest BCUT2D eigenvalue weighted by atomic mass is 32.1. The Labute approximate surface area is 114 Å². The summed E-state index contributed by atoms with van der Waals surface area (Å²) in [4.78, 5) is 11.7. The summed E-state index contributed by atoms with van der Waals surface area (Å²) in [6.07, 6.45) is 1.51. The summed E-state index contributed by atoms with van der Waals surface area (Å²) in [5, 5.41) is 3.39. The lowest BCUT2D eigenvalue weighted by Gasteiger charge is -2.00. The maximum Gasteiger partial charge on any atom is 0.295 e. The molecule has 3 rings (SSSR count). The molecule has 1 aliphatic heterocycles. The molecule has 0 radical (unpaired) electrons. The number of ether oxygens (including phenoxy) is 1. The molecule has 0 unspecified atom stereocenters. The van der Waals surface area contributed by atoms with E-state index in [2.05, 4.69) is 11.9 Å². The SMILES string of the molecule is C=CC(=C1OC(=S)NC1=O)c1cc2ccccc2o1. The molecule has 1 saturated heterocycles. The average Bonchev–Trinajstić information content (AvgIpc) is 2.94. The van der Waals surface area contributed by atoms with Crippen molar-refractivity contribution >= 4 is 39.8 Å². The molecule has 1 amide bonds. The van der Waals surface area contributed by atoms with Crippen LogP contribution in [-0.4, -0.2) is 11.1 Å². The number of benzene rings is 1. The van der Waals surface area contributed by atoms with Crippen molar-refractivity contribution in [2.45, 2.75) is 0 Å². The number of carbonyl (C=O) groups is 1. The van der Waals surface area contributed by atoms with Gasteiger partial charge >= 0.3 is 0 Å². The van der Waals surface area contributed by atoms with E-state index in [9.17, 15) is 4.79 Å². The summed E-state index contributed by atoms with van der Waals surface area (Å²) in [6.45, 7) is 3.69. The van der Waals surface area contributed by atoms with Crippen molar-refractivity contribution < 1.29 is 13.9 Å². The third-order valence-electron chi connectivity index (χ3n) is 2.76. The van der Waals surface area contributed by atoms with E-state index in [1.165, 1.54) is 6.08 Å². The fraction of sp³-hybridized carbons (Fsp3) is 0. The van der Waals surface area contributed by atoms with Crippen LogP contribution in [0.4, 0.5) is 0 Å². The van der Waals surface area contributed by atoms with E-state index in [0.29, 0.717) is 11.3 Å². The van der Waals surface area contributed by atoms with E-state index >= 15 is 0 Å². The molecule has 0 spiro atoms. The summed E-state index contributed by atoms with van der Waals surface area (Å²) in [6, 6.07) is 9.40. The van der Waals surface area contributed by atoms with Crippen molar-refractivity contribution in [1.29, 1.82) is 0 Å². The molecule has 0 aliphatic carbocycles. The number of hydrogen-bond donors (Lipinski definition) is 1. The van der Waals surface area contributed by atoms with E-state index in [-0.39, 0.29) is 16.8 Å². The Morgan fingerprint density at radius 3 is 2.79 bits per heavy atom. The molecular weight excluding hydrogens is 262 g/mol. The minimum atomic E-state index is -0.389. The van der Waals surface area contributed by atoms with Gasteiger partial charge in [-0.15, -0.1) is 0 Å². The van der Waals surface area contributed by atoms with Crippen LogP contribution in [0.5, 0.6) is 0 Å². The number of carbonyl (C=O) groups excluding carboxylic acids is 1. The molecule has 0 atom stereocenters. The Balaban J connectivity index is 2.17. The van der Waals surface area contributed by atoms with E-state index < -0.39 is 0 Å². The third kappa shape index (κ3) is 1.94. The number of amides is 1. The van der Waals surface area contributed by atoms with Crippen LogP contribution < -0.4 is 5.32 Å². The number of nitrogens with one attached hydrogen (secondary N) is 1. The number of fused-ring (bicyclic) bond motifs is 1. The van der Waals surface area contributed by atoms with Crippen molar-refractivity contribution in [3.63, 3.8) is 0 Å². The number of allylic oxidation sites excluding steroid dienone is 2. The second-order valence-corrected chi connectivity index (χ2v) is 4.31. The van der Waals surface area contributed by atoms with E-state index in [0.717, 1.165) is 11.0 Å². The highest BCUT2D eigenvalue weighted by molar-refractivity contribution is 7.80. The van der Waals surface area contributed by atoms with Crippen LogP contribution in [0.2, 0.25) is 0 Å². The molecule has 0 saturated carbocycles. The molecule has 1 fully saturated rings. The summed E-state index contributed by atoms with van der Waals surface area (Å²) in [7, 11) is 0. The highest BCUT2D eigenvalue weighted by Gasteiger charge is 2.28. The molecule has 1 aliphatic rings. The Kier molecular flexibility index (Phi) is 2.68. The van der Waals surface area contributed by atoms with E-state index in [4.69, 9.17) is 21.4 Å². The van der Waals surface area contributed by atoms with Gasteiger partial charge in [0, 0.05) is 5.39 Å². The fourth-order valence-electron chi connectivity index (χ4n) is 1.91. The van der Waals surface area contributed by atoms with Gasteiger partial charge in [0.1, 0.15) is 11.3 Å². The Morgan fingerprint density at radius 2 is 2.16 bits per heavy atom. The number of thiocarbonyl (C=S) groups is 1. The van der Waals surface area contributed by atoms with Crippen LogP contribution in [0.15, 0.2) is 53.2 Å². The summed E-state index contributed by atoms with van der Waals surface area (Å²) in [5.41, 5.74) is 1.21. The molecule has 2 heterocycles.